The largest absolute Gasteiger partial charge is 0.495 e. The Morgan fingerprint density at radius 1 is 1.14 bits per heavy atom. The van der Waals surface area contributed by atoms with Gasteiger partial charge in [0.2, 0.25) is 0 Å². The molecule has 0 radical (unpaired) electrons. The molecule has 0 saturated heterocycles. The van der Waals surface area contributed by atoms with Crippen LogP contribution in [0.1, 0.15) is 23.7 Å². The maximum absolute atomic E-state index is 6.35. The van der Waals surface area contributed by atoms with Crippen molar-refractivity contribution >= 4 is 22.6 Å². The summed E-state index contributed by atoms with van der Waals surface area (Å²) in [6, 6.07) is 14.0. The highest BCUT2D eigenvalue weighted by Gasteiger charge is 2.19. The molecule has 1 atom stereocenters. The van der Waals surface area contributed by atoms with Crippen molar-refractivity contribution in [3.05, 3.63) is 53.9 Å². The number of methoxy groups -OCH3 is 1. The second-order valence-corrected chi connectivity index (χ2v) is 5.69. The van der Waals surface area contributed by atoms with Crippen LogP contribution < -0.4 is 4.74 Å². The van der Waals surface area contributed by atoms with Gasteiger partial charge in [-0.25, -0.2) is 4.98 Å². The number of aryl methyl sites for hydroxylation is 1. The smallest absolute Gasteiger partial charge is 0.142 e. The lowest BCUT2D eigenvalue weighted by Gasteiger charge is -2.15. The molecule has 4 heteroatoms. The molecule has 1 aromatic heterocycles. The van der Waals surface area contributed by atoms with Gasteiger partial charge >= 0.3 is 0 Å². The molecular formula is C17H17ClN2O. The van der Waals surface area contributed by atoms with Crippen molar-refractivity contribution < 1.29 is 4.74 Å². The average molecular weight is 301 g/mol. The van der Waals surface area contributed by atoms with Crippen molar-refractivity contribution in [2.45, 2.75) is 19.2 Å². The zero-order chi connectivity index (χ0) is 15.0. The number of para-hydroxylation sites is 3. The lowest BCUT2D eigenvalue weighted by Crippen LogP contribution is -2.04. The number of nitrogens with zero attached hydrogens (tertiary/aromatic N) is 2. The highest BCUT2D eigenvalue weighted by Crippen LogP contribution is 2.33. The molecule has 0 aliphatic heterocycles. The van der Waals surface area contributed by atoms with Gasteiger partial charge < -0.3 is 4.74 Å². The first-order chi connectivity index (χ1) is 10.1. The number of benzene rings is 2. The van der Waals surface area contributed by atoms with E-state index in [9.17, 15) is 0 Å². The summed E-state index contributed by atoms with van der Waals surface area (Å²) in [7, 11) is 1.68. The maximum Gasteiger partial charge on any atom is 0.142 e. The second-order valence-electron chi connectivity index (χ2n) is 5.04. The summed E-state index contributed by atoms with van der Waals surface area (Å²) in [6.07, 6.45) is 0. The number of rotatable bonds is 3. The minimum Gasteiger partial charge on any atom is -0.495 e. The molecular weight excluding hydrogens is 284 g/mol. The van der Waals surface area contributed by atoms with Gasteiger partial charge in [0.25, 0.3) is 0 Å². The van der Waals surface area contributed by atoms with Crippen LogP contribution in [0.3, 0.4) is 0 Å². The Bertz CT molecular complexity index is 793. The Labute approximate surface area is 129 Å². The van der Waals surface area contributed by atoms with Crippen molar-refractivity contribution in [2.24, 2.45) is 0 Å². The number of aromatic nitrogens is 2. The maximum atomic E-state index is 6.35. The number of fused-ring (bicyclic) bond motifs is 1. The van der Waals surface area contributed by atoms with Gasteiger partial charge in [-0.3, -0.25) is 4.57 Å². The van der Waals surface area contributed by atoms with Gasteiger partial charge in [0.15, 0.2) is 0 Å². The topological polar surface area (TPSA) is 27.1 Å². The molecule has 0 aliphatic carbocycles. The molecule has 0 saturated carbocycles. The van der Waals surface area contributed by atoms with E-state index >= 15 is 0 Å². The van der Waals surface area contributed by atoms with Crippen LogP contribution in [0, 0.1) is 6.92 Å². The molecule has 3 nitrogen and oxygen atoms in total. The fourth-order valence-electron chi connectivity index (χ4n) is 2.64. The predicted octanol–water partition coefficient (Wildman–Crippen LogP) is 4.64. The highest BCUT2D eigenvalue weighted by molar-refractivity contribution is 6.20. The molecule has 2 aromatic carbocycles. The molecule has 108 valence electrons. The van der Waals surface area contributed by atoms with Gasteiger partial charge in [-0.1, -0.05) is 24.3 Å². The van der Waals surface area contributed by atoms with Gasteiger partial charge in [-0.05, 0) is 37.6 Å². The molecule has 3 rings (SSSR count). The molecule has 1 heterocycles. The van der Waals surface area contributed by atoms with Gasteiger partial charge in [-0.2, -0.15) is 0 Å². The van der Waals surface area contributed by atoms with Gasteiger partial charge in [0.05, 0.1) is 29.2 Å². The first-order valence-electron chi connectivity index (χ1n) is 6.89. The van der Waals surface area contributed by atoms with E-state index in [0.717, 1.165) is 33.9 Å². The molecule has 0 bridgehead atoms. The average Bonchev–Trinajstić information content (AvgIpc) is 2.88. The predicted molar refractivity (Wildman–Crippen MR) is 86.6 cm³/mol. The lowest BCUT2D eigenvalue weighted by molar-refractivity contribution is 0.413. The van der Waals surface area contributed by atoms with Crippen molar-refractivity contribution in [2.75, 3.05) is 7.11 Å². The number of alkyl halides is 1. The van der Waals surface area contributed by atoms with Gasteiger partial charge in [0.1, 0.15) is 11.6 Å². The van der Waals surface area contributed by atoms with Crippen LogP contribution in [0.5, 0.6) is 5.75 Å². The molecule has 1 unspecified atom stereocenters. The number of imidazole rings is 1. The molecule has 0 N–H and O–H groups in total. The van der Waals surface area contributed by atoms with E-state index < -0.39 is 0 Å². The van der Waals surface area contributed by atoms with Crippen LogP contribution in [0.4, 0.5) is 0 Å². The molecule has 3 aromatic rings. The van der Waals surface area contributed by atoms with E-state index in [2.05, 4.69) is 17.6 Å². The van der Waals surface area contributed by atoms with Crippen LogP contribution in [0.25, 0.3) is 16.7 Å². The standard InChI is InChI=1S/C17H17ClN2O/c1-11-7-6-8-13-16(11)20(17(19-13)12(2)18)14-9-4-5-10-15(14)21-3/h4-10,12H,1-3H3. The van der Waals surface area contributed by atoms with Crippen LogP contribution >= 0.6 is 11.6 Å². The Balaban J connectivity index is 2.42. The summed E-state index contributed by atoms with van der Waals surface area (Å²) in [5, 5.41) is -0.193. The third-order valence-electron chi connectivity index (χ3n) is 3.59. The highest BCUT2D eigenvalue weighted by atomic mass is 35.5. The van der Waals surface area contributed by atoms with Crippen molar-refractivity contribution in [3.8, 4) is 11.4 Å². The molecule has 0 spiro atoms. The van der Waals surface area contributed by atoms with E-state index in [0.29, 0.717) is 0 Å². The zero-order valence-corrected chi connectivity index (χ0v) is 13.1. The van der Waals surface area contributed by atoms with E-state index in [4.69, 9.17) is 21.3 Å². The van der Waals surface area contributed by atoms with Crippen LogP contribution in [0.2, 0.25) is 0 Å². The first kappa shape index (κ1) is 14.0. The van der Waals surface area contributed by atoms with E-state index in [1.165, 1.54) is 0 Å². The minimum absolute atomic E-state index is 0.193. The molecule has 21 heavy (non-hydrogen) atoms. The number of hydrogen-bond acceptors (Lipinski definition) is 2. The number of ether oxygens (including phenoxy) is 1. The second kappa shape index (κ2) is 5.41. The third kappa shape index (κ3) is 2.28. The summed E-state index contributed by atoms with van der Waals surface area (Å²) < 4.78 is 7.60. The Kier molecular flexibility index (Phi) is 3.60. The van der Waals surface area contributed by atoms with Crippen LogP contribution in [-0.4, -0.2) is 16.7 Å². The van der Waals surface area contributed by atoms with Crippen molar-refractivity contribution in [3.63, 3.8) is 0 Å². The van der Waals surface area contributed by atoms with E-state index in [1.807, 2.05) is 43.3 Å². The molecule has 0 aliphatic rings. The Morgan fingerprint density at radius 3 is 2.62 bits per heavy atom. The Morgan fingerprint density at radius 2 is 1.90 bits per heavy atom. The van der Waals surface area contributed by atoms with Gasteiger partial charge in [-0.15, -0.1) is 11.6 Å². The summed E-state index contributed by atoms with van der Waals surface area (Å²) in [6.45, 7) is 4.02. The van der Waals surface area contributed by atoms with Crippen molar-refractivity contribution in [1.82, 2.24) is 9.55 Å². The monoisotopic (exact) mass is 300 g/mol. The SMILES string of the molecule is COc1ccccc1-n1c(C(C)Cl)nc2cccc(C)c21. The molecule has 0 amide bonds. The third-order valence-corrected chi connectivity index (χ3v) is 3.78. The summed E-state index contributed by atoms with van der Waals surface area (Å²) in [5.74, 6) is 1.63. The summed E-state index contributed by atoms with van der Waals surface area (Å²) >= 11 is 6.35. The zero-order valence-electron chi connectivity index (χ0n) is 12.3. The Hall–Kier alpha value is -2.00. The number of halogens is 1. The quantitative estimate of drug-likeness (QED) is 0.659. The molecule has 0 fully saturated rings. The normalized spacial score (nSPS) is 12.6. The summed E-state index contributed by atoms with van der Waals surface area (Å²) in [5.41, 5.74) is 4.14. The number of hydrogen-bond donors (Lipinski definition) is 0. The van der Waals surface area contributed by atoms with Crippen LogP contribution in [-0.2, 0) is 0 Å². The summed E-state index contributed by atoms with van der Waals surface area (Å²) in [4.78, 5) is 4.70. The lowest BCUT2D eigenvalue weighted by atomic mass is 10.2. The van der Waals surface area contributed by atoms with Crippen LogP contribution in [0.15, 0.2) is 42.5 Å². The fraction of sp³-hybridized carbons (Fsp3) is 0.235. The van der Waals surface area contributed by atoms with Crippen molar-refractivity contribution in [1.29, 1.82) is 0 Å². The minimum atomic E-state index is -0.193. The van der Waals surface area contributed by atoms with E-state index in [1.54, 1.807) is 7.11 Å². The fourth-order valence-corrected chi connectivity index (χ4v) is 2.78. The van der Waals surface area contributed by atoms with E-state index in [-0.39, 0.29) is 5.38 Å². The van der Waals surface area contributed by atoms with Gasteiger partial charge in [0, 0.05) is 0 Å². The first-order valence-corrected chi connectivity index (χ1v) is 7.32.